The van der Waals surface area contributed by atoms with Gasteiger partial charge in [-0.3, -0.25) is 0 Å². The van der Waals surface area contributed by atoms with E-state index in [1.165, 1.54) is 0 Å². The quantitative estimate of drug-likeness (QED) is 0.548. The second kappa shape index (κ2) is 9.82. The van der Waals surface area contributed by atoms with E-state index in [2.05, 4.69) is 4.14 Å². The standard InChI is InChI=1S/H2N.H2O.O.Ta/h2*1H2;;/q-1;;;+1. The van der Waals surface area contributed by atoms with E-state index in [0.29, 0.717) is 0 Å². The zero-order chi connectivity index (χ0) is 2.71. The van der Waals surface area contributed by atoms with Crippen LogP contribution in [0.1, 0.15) is 0 Å². The van der Waals surface area contributed by atoms with Gasteiger partial charge in [0.2, 0.25) is 0 Å². The Morgan fingerprint density at radius 3 is 1.75 bits per heavy atom. The summed E-state index contributed by atoms with van der Waals surface area (Å²) in [4.78, 5) is 0. The van der Waals surface area contributed by atoms with Crippen molar-refractivity contribution in [3.05, 3.63) is 0 Å². The zero-order valence-corrected chi connectivity index (χ0v) is 5.15. The first kappa shape index (κ1) is 8.82. The predicted octanol–water partition coefficient (Wildman–Crippen LogP) is -1.54. The van der Waals surface area contributed by atoms with E-state index in [9.17, 15) is 0 Å². The molecule has 0 heterocycles. The summed E-state index contributed by atoms with van der Waals surface area (Å²) in [5.41, 5.74) is 0. The van der Waals surface area contributed by atoms with Crippen molar-refractivity contribution in [3.63, 3.8) is 0 Å². The van der Waals surface area contributed by atoms with Crippen LogP contribution in [-0.4, -0.2) is 5.48 Å². The van der Waals surface area contributed by atoms with Crippen LogP contribution < -0.4 is 4.14 Å². The summed E-state index contributed by atoms with van der Waals surface area (Å²) < 4.78 is 13.4. The van der Waals surface area contributed by atoms with Gasteiger partial charge in [-0.15, -0.1) is 0 Å². The van der Waals surface area contributed by atoms with Gasteiger partial charge in [0, 0.05) is 0 Å². The van der Waals surface area contributed by atoms with Gasteiger partial charge in [-0.1, -0.05) is 0 Å². The van der Waals surface area contributed by atoms with Crippen molar-refractivity contribution in [2.24, 2.45) is 4.14 Å². The molecular formula is H4NO2Ta. The summed E-state index contributed by atoms with van der Waals surface area (Å²) in [5.74, 6) is 0. The molecule has 26 valence electrons. The summed E-state index contributed by atoms with van der Waals surface area (Å²) in [6.07, 6.45) is 0. The first-order chi connectivity index (χ1) is 1.41. The van der Waals surface area contributed by atoms with Crippen molar-refractivity contribution in [2.75, 3.05) is 0 Å². The molecule has 0 atom stereocenters. The molecular weight excluding hydrogens is 227 g/mol. The number of rotatable bonds is 0. The van der Waals surface area contributed by atoms with Gasteiger partial charge in [0.15, 0.2) is 0 Å². The van der Waals surface area contributed by atoms with Crippen LogP contribution >= 0.6 is 0 Å². The molecule has 0 saturated heterocycles. The number of hydrogen-bond donors (Lipinski definition) is 1. The van der Waals surface area contributed by atoms with Crippen molar-refractivity contribution in [1.82, 2.24) is 0 Å². The van der Waals surface area contributed by atoms with E-state index in [4.69, 9.17) is 3.25 Å². The fourth-order valence-electron chi connectivity index (χ4n) is 0. The molecule has 0 bridgehead atoms. The summed E-state index contributed by atoms with van der Waals surface area (Å²) >= 11 is -1.58. The van der Waals surface area contributed by atoms with E-state index in [1.807, 2.05) is 0 Å². The molecule has 4 N–H and O–H groups in total. The molecule has 0 radical (unpaired) electrons. The summed E-state index contributed by atoms with van der Waals surface area (Å²) in [6.45, 7) is 0. The Kier molecular flexibility index (Phi) is 21.7. The van der Waals surface area contributed by atoms with Crippen LogP contribution in [0.2, 0.25) is 0 Å². The van der Waals surface area contributed by atoms with E-state index >= 15 is 0 Å². The molecule has 0 aliphatic heterocycles. The third-order valence-corrected chi connectivity index (χ3v) is 0. The molecule has 0 aromatic carbocycles. The molecule has 0 fully saturated rings. The Labute approximate surface area is 33.5 Å². The van der Waals surface area contributed by atoms with E-state index < -0.39 is 20.0 Å². The molecule has 0 aliphatic carbocycles. The second-order valence-electron chi connectivity index (χ2n) is 0.105. The van der Waals surface area contributed by atoms with Crippen LogP contribution in [0.3, 0.4) is 0 Å². The van der Waals surface area contributed by atoms with Crippen molar-refractivity contribution in [3.8, 4) is 0 Å². The molecule has 3 nitrogen and oxygen atoms in total. The van der Waals surface area contributed by atoms with Gasteiger partial charge >= 0.3 is 27.4 Å². The van der Waals surface area contributed by atoms with Gasteiger partial charge in [0.1, 0.15) is 0 Å². The molecule has 0 rings (SSSR count). The van der Waals surface area contributed by atoms with Gasteiger partial charge in [0.25, 0.3) is 0 Å². The first-order valence-electron chi connectivity index (χ1n) is 0.441. The molecule has 0 unspecified atom stereocenters. The minimum absolute atomic E-state index is 0. The van der Waals surface area contributed by atoms with Gasteiger partial charge in [-0.2, -0.15) is 0 Å². The Morgan fingerprint density at radius 1 is 1.75 bits per heavy atom. The fourth-order valence-corrected chi connectivity index (χ4v) is 0. The molecule has 0 aliphatic rings. The predicted molar refractivity (Wildman–Crippen MR) is 8.49 cm³/mol. The van der Waals surface area contributed by atoms with Crippen molar-refractivity contribution in [1.29, 1.82) is 0 Å². The van der Waals surface area contributed by atoms with Crippen LogP contribution in [0.5, 0.6) is 0 Å². The maximum absolute atomic E-state index is 8.89. The number of nitrogens with two attached hydrogens (primary N) is 1. The van der Waals surface area contributed by atoms with Gasteiger partial charge in [0.05, 0.1) is 0 Å². The molecule has 0 aromatic heterocycles. The van der Waals surface area contributed by atoms with Crippen LogP contribution in [0.25, 0.3) is 0 Å². The van der Waals surface area contributed by atoms with Gasteiger partial charge < -0.3 is 5.48 Å². The average molecular weight is 231 g/mol. The molecule has 4 heteroatoms. The summed E-state index contributed by atoms with van der Waals surface area (Å²) in [6, 6.07) is 0. The zero-order valence-electron chi connectivity index (χ0n) is 1.93. The second-order valence-corrected chi connectivity index (χ2v) is 0.863. The van der Waals surface area contributed by atoms with Gasteiger partial charge in [-0.25, -0.2) is 0 Å². The molecule has 0 amide bonds. The van der Waals surface area contributed by atoms with Crippen LogP contribution in [0.4, 0.5) is 0 Å². The van der Waals surface area contributed by atoms with Crippen molar-refractivity contribution in [2.45, 2.75) is 0 Å². The maximum atomic E-state index is 8.89. The summed E-state index contributed by atoms with van der Waals surface area (Å²) in [7, 11) is 0. The minimum atomic E-state index is -1.58. The van der Waals surface area contributed by atoms with E-state index in [0.717, 1.165) is 0 Å². The molecule has 0 aromatic rings. The molecule has 0 saturated carbocycles. The molecule has 0 spiro atoms. The first-order valence-corrected chi connectivity index (χ1v) is 3.61. The van der Waals surface area contributed by atoms with E-state index in [1.54, 1.807) is 0 Å². The van der Waals surface area contributed by atoms with E-state index in [-0.39, 0.29) is 5.48 Å². The Hall–Kier alpha value is 0.460. The third-order valence-electron chi connectivity index (χ3n) is 0. The van der Waals surface area contributed by atoms with Crippen LogP contribution in [0.15, 0.2) is 0 Å². The fraction of sp³-hybridized carbons (Fsp3) is 0. The van der Waals surface area contributed by atoms with Gasteiger partial charge in [-0.05, 0) is 0 Å². The average Bonchev–Trinajstić information content (AvgIpc) is 0.918. The SMILES string of the molecule is O.[NH2][Ta]=[O]. The van der Waals surface area contributed by atoms with Crippen LogP contribution in [0, 0.1) is 0 Å². The topological polar surface area (TPSA) is 74.6 Å². The Morgan fingerprint density at radius 2 is 1.75 bits per heavy atom. The molecule has 4 heavy (non-hydrogen) atoms. The summed E-state index contributed by atoms with van der Waals surface area (Å²) in [5, 5.41) is 0. The Balaban J connectivity index is 0. The van der Waals surface area contributed by atoms with Crippen molar-refractivity contribution < 1.29 is 28.7 Å². The Bertz CT molecular complexity index is 13.5. The number of hydrogen-bond acceptors (Lipinski definition) is 1. The van der Waals surface area contributed by atoms with Crippen LogP contribution in [-0.2, 0) is 23.2 Å². The van der Waals surface area contributed by atoms with Crippen molar-refractivity contribution >= 4 is 0 Å². The monoisotopic (exact) mass is 231 g/mol. The normalized spacial score (nSPS) is 3.25. The third kappa shape index (κ3) is 24.8.